The predicted octanol–water partition coefficient (Wildman–Crippen LogP) is 1.94. The second-order valence-corrected chi connectivity index (χ2v) is 3.03. The van der Waals surface area contributed by atoms with Crippen molar-refractivity contribution in [2.24, 2.45) is 7.05 Å². The Kier molecular flexibility index (Phi) is 3.14. The Morgan fingerprint density at radius 3 is 2.83 bits per heavy atom. The summed E-state index contributed by atoms with van der Waals surface area (Å²) >= 11 is 0. The number of rotatable bonds is 4. The third-order valence-corrected chi connectivity index (χ3v) is 2.06. The maximum atomic E-state index is 4.20. The number of nitrogens with one attached hydrogen (secondary N) is 1. The number of aryl methyl sites for hydroxylation is 1. The van der Waals surface area contributed by atoms with Crippen LogP contribution in [0, 0.1) is 6.92 Å². The van der Waals surface area contributed by atoms with E-state index >= 15 is 0 Å². The summed E-state index contributed by atoms with van der Waals surface area (Å²) < 4.78 is 2.07. The van der Waals surface area contributed by atoms with Crippen molar-refractivity contribution in [2.75, 3.05) is 11.9 Å². The highest BCUT2D eigenvalue weighted by atomic mass is 15.2. The molecule has 1 aromatic heterocycles. The Morgan fingerprint density at radius 2 is 2.33 bits per heavy atom. The van der Waals surface area contributed by atoms with Crippen LogP contribution in [0.3, 0.4) is 0 Å². The molecule has 0 fully saturated rings. The van der Waals surface area contributed by atoms with E-state index in [2.05, 4.69) is 21.8 Å². The summed E-state index contributed by atoms with van der Waals surface area (Å²) in [6.45, 7) is 5.23. The second kappa shape index (κ2) is 4.14. The van der Waals surface area contributed by atoms with Gasteiger partial charge in [0.15, 0.2) is 0 Å². The van der Waals surface area contributed by atoms with Crippen molar-refractivity contribution >= 4 is 5.82 Å². The first kappa shape index (κ1) is 9.10. The van der Waals surface area contributed by atoms with Gasteiger partial charge in [0, 0.05) is 13.6 Å². The van der Waals surface area contributed by atoms with Gasteiger partial charge in [-0.25, -0.2) is 4.98 Å². The number of hydrogen-bond donors (Lipinski definition) is 1. The average Bonchev–Trinajstić information content (AvgIpc) is 2.36. The summed E-state index contributed by atoms with van der Waals surface area (Å²) in [5.41, 5.74) is 0. The summed E-state index contributed by atoms with van der Waals surface area (Å²) in [6, 6.07) is 0. The third kappa shape index (κ3) is 2.00. The molecule has 0 unspecified atom stereocenters. The fourth-order valence-electron chi connectivity index (χ4n) is 1.06. The topological polar surface area (TPSA) is 29.9 Å². The molecule has 1 N–H and O–H groups in total. The minimum atomic E-state index is 1.04. The molecule has 0 saturated carbocycles. The molecule has 0 saturated heterocycles. The van der Waals surface area contributed by atoms with E-state index in [-0.39, 0.29) is 0 Å². The molecule has 1 rings (SSSR count). The molecule has 0 aliphatic rings. The summed E-state index contributed by atoms with van der Waals surface area (Å²) in [5.74, 6) is 2.16. The van der Waals surface area contributed by atoms with Crippen molar-refractivity contribution in [3.8, 4) is 0 Å². The van der Waals surface area contributed by atoms with Gasteiger partial charge in [-0.3, -0.25) is 0 Å². The van der Waals surface area contributed by atoms with E-state index in [1.165, 1.54) is 12.8 Å². The van der Waals surface area contributed by atoms with Crippen LogP contribution in [0.15, 0.2) is 6.20 Å². The van der Waals surface area contributed by atoms with Crippen LogP contribution >= 0.6 is 0 Å². The molecule has 3 heteroatoms. The molecular weight excluding hydrogens is 150 g/mol. The Morgan fingerprint density at radius 1 is 1.58 bits per heavy atom. The highest BCUT2D eigenvalue weighted by Crippen LogP contribution is 2.07. The lowest BCUT2D eigenvalue weighted by atomic mass is 10.3. The normalized spacial score (nSPS) is 10.2. The Balaban J connectivity index is 2.46. The molecule has 0 radical (unpaired) electrons. The van der Waals surface area contributed by atoms with E-state index in [1.54, 1.807) is 0 Å². The SMILES string of the molecule is CCCCNc1cnc(C)n1C. The van der Waals surface area contributed by atoms with Crippen LogP contribution < -0.4 is 5.32 Å². The van der Waals surface area contributed by atoms with E-state index in [1.807, 2.05) is 20.2 Å². The molecule has 0 aliphatic heterocycles. The van der Waals surface area contributed by atoms with Crippen LogP contribution in [0.25, 0.3) is 0 Å². The maximum absolute atomic E-state index is 4.20. The van der Waals surface area contributed by atoms with Gasteiger partial charge in [-0.2, -0.15) is 0 Å². The Labute approximate surface area is 73.8 Å². The highest BCUT2D eigenvalue weighted by molar-refractivity contribution is 5.34. The lowest BCUT2D eigenvalue weighted by Crippen LogP contribution is -2.05. The van der Waals surface area contributed by atoms with E-state index in [4.69, 9.17) is 0 Å². The molecule has 12 heavy (non-hydrogen) atoms. The van der Waals surface area contributed by atoms with Gasteiger partial charge < -0.3 is 9.88 Å². The molecule has 0 aliphatic carbocycles. The first-order valence-electron chi connectivity index (χ1n) is 4.48. The average molecular weight is 167 g/mol. The van der Waals surface area contributed by atoms with Gasteiger partial charge in [-0.15, -0.1) is 0 Å². The molecule has 3 nitrogen and oxygen atoms in total. The molecule has 68 valence electrons. The van der Waals surface area contributed by atoms with Crippen LogP contribution in [0.2, 0.25) is 0 Å². The number of imidazole rings is 1. The number of unbranched alkanes of at least 4 members (excludes halogenated alkanes) is 1. The minimum Gasteiger partial charge on any atom is -0.370 e. The largest absolute Gasteiger partial charge is 0.370 e. The van der Waals surface area contributed by atoms with Gasteiger partial charge >= 0.3 is 0 Å². The fraction of sp³-hybridized carbons (Fsp3) is 0.667. The van der Waals surface area contributed by atoms with Gasteiger partial charge in [0.1, 0.15) is 11.6 Å². The zero-order valence-corrected chi connectivity index (χ0v) is 8.09. The molecular formula is C9H17N3. The molecule has 1 heterocycles. The lowest BCUT2D eigenvalue weighted by Gasteiger charge is -2.05. The van der Waals surface area contributed by atoms with Crippen molar-refractivity contribution in [3.63, 3.8) is 0 Å². The lowest BCUT2D eigenvalue weighted by molar-refractivity contribution is 0.808. The number of aromatic nitrogens is 2. The second-order valence-electron chi connectivity index (χ2n) is 3.03. The Hall–Kier alpha value is -0.990. The first-order valence-corrected chi connectivity index (χ1v) is 4.48. The molecule has 0 amide bonds. The van der Waals surface area contributed by atoms with E-state index in [9.17, 15) is 0 Å². The van der Waals surface area contributed by atoms with E-state index in [0.29, 0.717) is 0 Å². The third-order valence-electron chi connectivity index (χ3n) is 2.06. The number of anilines is 1. The zero-order chi connectivity index (χ0) is 8.97. The van der Waals surface area contributed by atoms with E-state index in [0.717, 1.165) is 18.2 Å². The molecule has 1 aromatic rings. The van der Waals surface area contributed by atoms with Crippen molar-refractivity contribution < 1.29 is 0 Å². The molecule has 0 atom stereocenters. The predicted molar refractivity (Wildman–Crippen MR) is 51.3 cm³/mol. The van der Waals surface area contributed by atoms with Crippen molar-refractivity contribution in [1.29, 1.82) is 0 Å². The van der Waals surface area contributed by atoms with Crippen LogP contribution in [-0.4, -0.2) is 16.1 Å². The first-order chi connectivity index (χ1) is 5.75. The zero-order valence-electron chi connectivity index (χ0n) is 8.09. The van der Waals surface area contributed by atoms with E-state index < -0.39 is 0 Å². The summed E-state index contributed by atoms with van der Waals surface area (Å²) in [4.78, 5) is 4.20. The van der Waals surface area contributed by atoms with Gasteiger partial charge in [-0.05, 0) is 13.3 Å². The summed E-state index contributed by atoms with van der Waals surface area (Å²) in [7, 11) is 2.02. The highest BCUT2D eigenvalue weighted by Gasteiger charge is 1.99. The van der Waals surface area contributed by atoms with Crippen LogP contribution in [-0.2, 0) is 7.05 Å². The summed E-state index contributed by atoms with van der Waals surface area (Å²) in [5, 5.41) is 3.34. The maximum Gasteiger partial charge on any atom is 0.125 e. The van der Waals surface area contributed by atoms with Crippen molar-refractivity contribution in [1.82, 2.24) is 9.55 Å². The standard InChI is InChI=1S/C9H17N3/c1-4-5-6-10-9-7-11-8(2)12(9)3/h7,10H,4-6H2,1-3H3. The van der Waals surface area contributed by atoms with Crippen molar-refractivity contribution in [3.05, 3.63) is 12.0 Å². The number of hydrogen-bond acceptors (Lipinski definition) is 2. The van der Waals surface area contributed by atoms with Gasteiger partial charge in [0.05, 0.1) is 6.20 Å². The smallest absolute Gasteiger partial charge is 0.125 e. The van der Waals surface area contributed by atoms with Gasteiger partial charge in [0.2, 0.25) is 0 Å². The molecule has 0 aromatic carbocycles. The molecule has 0 spiro atoms. The fourth-order valence-corrected chi connectivity index (χ4v) is 1.06. The van der Waals surface area contributed by atoms with Crippen LogP contribution in [0.5, 0.6) is 0 Å². The number of nitrogens with zero attached hydrogens (tertiary/aromatic N) is 2. The van der Waals surface area contributed by atoms with Crippen molar-refractivity contribution in [2.45, 2.75) is 26.7 Å². The monoisotopic (exact) mass is 167 g/mol. The quantitative estimate of drug-likeness (QED) is 0.694. The van der Waals surface area contributed by atoms with Crippen LogP contribution in [0.4, 0.5) is 5.82 Å². The Bertz CT molecular complexity index is 240. The molecule has 0 bridgehead atoms. The van der Waals surface area contributed by atoms with Crippen LogP contribution in [0.1, 0.15) is 25.6 Å². The minimum absolute atomic E-state index is 1.04. The van der Waals surface area contributed by atoms with Gasteiger partial charge in [-0.1, -0.05) is 13.3 Å². The summed E-state index contributed by atoms with van der Waals surface area (Å²) in [6.07, 6.45) is 4.32. The van der Waals surface area contributed by atoms with Gasteiger partial charge in [0.25, 0.3) is 0 Å².